The van der Waals surface area contributed by atoms with E-state index in [2.05, 4.69) is 22.4 Å². The van der Waals surface area contributed by atoms with Gasteiger partial charge in [-0.05, 0) is 19.2 Å². The largest absolute Gasteiger partial charge is 0.463 e. The van der Waals surface area contributed by atoms with Gasteiger partial charge in [-0.3, -0.25) is 14.4 Å². The highest BCUT2D eigenvalue weighted by atomic mass is 16.5. The molecule has 1 saturated heterocycles. The Morgan fingerprint density at radius 1 is 1.31 bits per heavy atom. The van der Waals surface area contributed by atoms with E-state index in [0.717, 1.165) is 17.6 Å². The standard InChI is InChI=1S/C19H22N4O3/c1-22-9-10-25-17(18(22)15-7-8-21-23(15)2)11-20-19(24)14-12-26-16-6-4-3-5-13(14)16/h3-8,12,17-18H,9-11H2,1-2H3,(H,20,24)/t17-,18-/m0/s1. The van der Waals surface area contributed by atoms with Gasteiger partial charge in [-0.1, -0.05) is 18.2 Å². The number of nitrogens with zero attached hydrogens (tertiary/aromatic N) is 3. The molecule has 2 atom stereocenters. The van der Waals surface area contributed by atoms with E-state index in [4.69, 9.17) is 9.15 Å². The Labute approximate surface area is 151 Å². The third-order valence-corrected chi connectivity index (χ3v) is 4.95. The average Bonchev–Trinajstić information content (AvgIpc) is 3.26. The smallest absolute Gasteiger partial charge is 0.255 e. The van der Waals surface area contributed by atoms with Crippen molar-refractivity contribution in [1.29, 1.82) is 0 Å². The van der Waals surface area contributed by atoms with Gasteiger partial charge in [-0.25, -0.2) is 0 Å². The average molecular weight is 354 g/mol. The fraction of sp³-hybridized carbons (Fsp3) is 0.368. The van der Waals surface area contributed by atoms with Gasteiger partial charge in [0.1, 0.15) is 11.8 Å². The van der Waals surface area contributed by atoms with E-state index < -0.39 is 0 Å². The van der Waals surface area contributed by atoms with Gasteiger partial charge in [0.2, 0.25) is 0 Å². The number of hydrogen-bond acceptors (Lipinski definition) is 5. The molecule has 3 heterocycles. The number of aryl methyl sites for hydroxylation is 1. The monoisotopic (exact) mass is 354 g/mol. The van der Waals surface area contributed by atoms with Crippen LogP contribution in [0.4, 0.5) is 0 Å². The van der Waals surface area contributed by atoms with Crippen molar-refractivity contribution < 1.29 is 13.9 Å². The molecule has 1 N–H and O–H groups in total. The van der Waals surface area contributed by atoms with Crippen LogP contribution in [-0.2, 0) is 11.8 Å². The van der Waals surface area contributed by atoms with Crippen LogP contribution in [0.25, 0.3) is 11.0 Å². The SMILES string of the molecule is CN1CCO[C@@H](CNC(=O)c2coc3ccccc23)[C@@H]1c1ccnn1C. The van der Waals surface area contributed by atoms with E-state index in [-0.39, 0.29) is 18.1 Å². The summed E-state index contributed by atoms with van der Waals surface area (Å²) in [7, 11) is 3.99. The molecule has 4 rings (SSSR count). The molecule has 0 spiro atoms. The summed E-state index contributed by atoms with van der Waals surface area (Å²) in [6.45, 7) is 1.89. The second-order valence-corrected chi connectivity index (χ2v) is 6.57. The molecule has 1 aliphatic rings. The van der Waals surface area contributed by atoms with Gasteiger partial charge < -0.3 is 14.5 Å². The zero-order valence-electron chi connectivity index (χ0n) is 14.9. The van der Waals surface area contributed by atoms with E-state index in [1.54, 1.807) is 6.20 Å². The number of hydrogen-bond donors (Lipinski definition) is 1. The molecule has 0 unspecified atom stereocenters. The number of likely N-dealkylation sites (N-methyl/N-ethyl adjacent to an activating group) is 1. The van der Waals surface area contributed by atoms with Crippen molar-refractivity contribution in [3.63, 3.8) is 0 Å². The number of nitrogens with one attached hydrogen (secondary N) is 1. The highest BCUT2D eigenvalue weighted by Crippen LogP contribution is 2.28. The summed E-state index contributed by atoms with van der Waals surface area (Å²) in [5.41, 5.74) is 2.32. The fourth-order valence-corrected chi connectivity index (χ4v) is 3.57. The number of aromatic nitrogens is 2. The Morgan fingerprint density at radius 2 is 2.15 bits per heavy atom. The normalized spacial score (nSPS) is 21.2. The predicted molar refractivity (Wildman–Crippen MR) is 96.9 cm³/mol. The van der Waals surface area contributed by atoms with Gasteiger partial charge in [0, 0.05) is 31.7 Å². The number of ether oxygens (including phenoxy) is 1. The second kappa shape index (κ2) is 6.93. The summed E-state index contributed by atoms with van der Waals surface area (Å²) in [5.74, 6) is -0.157. The van der Waals surface area contributed by atoms with Gasteiger partial charge >= 0.3 is 0 Å². The second-order valence-electron chi connectivity index (χ2n) is 6.57. The summed E-state index contributed by atoms with van der Waals surface area (Å²) < 4.78 is 13.3. The fourth-order valence-electron chi connectivity index (χ4n) is 3.57. The van der Waals surface area contributed by atoms with E-state index >= 15 is 0 Å². The van der Waals surface area contributed by atoms with E-state index in [1.165, 1.54) is 6.26 Å². The summed E-state index contributed by atoms with van der Waals surface area (Å²) in [6, 6.07) is 9.55. The Kier molecular flexibility index (Phi) is 4.48. The molecule has 1 amide bonds. The lowest BCUT2D eigenvalue weighted by molar-refractivity contribution is -0.0629. The summed E-state index contributed by atoms with van der Waals surface area (Å²) in [4.78, 5) is 14.9. The van der Waals surface area contributed by atoms with Crippen LogP contribution in [0.1, 0.15) is 22.1 Å². The first-order valence-corrected chi connectivity index (χ1v) is 8.69. The number of carbonyl (C=O) groups excluding carboxylic acids is 1. The maximum absolute atomic E-state index is 12.6. The molecule has 2 aromatic heterocycles. The number of fused-ring (bicyclic) bond motifs is 1. The maximum Gasteiger partial charge on any atom is 0.255 e. The van der Waals surface area contributed by atoms with E-state index in [0.29, 0.717) is 24.3 Å². The van der Waals surface area contributed by atoms with Crippen molar-refractivity contribution in [1.82, 2.24) is 20.0 Å². The van der Waals surface area contributed by atoms with E-state index in [1.807, 2.05) is 42.1 Å². The van der Waals surface area contributed by atoms with Crippen molar-refractivity contribution >= 4 is 16.9 Å². The van der Waals surface area contributed by atoms with Gasteiger partial charge in [0.05, 0.1) is 30.0 Å². The molecule has 1 aliphatic heterocycles. The predicted octanol–water partition coefficient (Wildman–Crippen LogP) is 1.97. The molecular formula is C19H22N4O3. The van der Waals surface area contributed by atoms with E-state index in [9.17, 15) is 4.79 Å². The summed E-state index contributed by atoms with van der Waals surface area (Å²) >= 11 is 0. The third-order valence-electron chi connectivity index (χ3n) is 4.95. The molecular weight excluding hydrogens is 332 g/mol. The zero-order chi connectivity index (χ0) is 18.1. The van der Waals surface area contributed by atoms with Gasteiger partial charge in [-0.15, -0.1) is 0 Å². The molecule has 7 nitrogen and oxygen atoms in total. The van der Waals surface area contributed by atoms with Crippen LogP contribution in [-0.4, -0.2) is 53.4 Å². The lowest BCUT2D eigenvalue weighted by atomic mass is 10.0. The molecule has 1 aromatic carbocycles. The van der Waals surface area contributed by atoms with Crippen molar-refractivity contribution in [3.8, 4) is 0 Å². The minimum absolute atomic E-state index is 0.0395. The molecule has 1 fully saturated rings. The first-order valence-electron chi connectivity index (χ1n) is 8.69. The molecule has 0 bridgehead atoms. The summed E-state index contributed by atoms with van der Waals surface area (Å²) in [5, 5.41) is 8.08. The Morgan fingerprint density at radius 3 is 2.96 bits per heavy atom. The van der Waals surface area contributed by atoms with Crippen LogP contribution in [0.3, 0.4) is 0 Å². The number of morpholine rings is 1. The zero-order valence-corrected chi connectivity index (χ0v) is 14.9. The Balaban J connectivity index is 1.50. The Bertz CT molecular complexity index is 916. The minimum atomic E-state index is -0.157. The van der Waals surface area contributed by atoms with Crippen LogP contribution < -0.4 is 5.32 Å². The minimum Gasteiger partial charge on any atom is -0.463 e. The van der Waals surface area contributed by atoms with Crippen LogP contribution in [0.15, 0.2) is 47.2 Å². The van der Waals surface area contributed by atoms with Crippen LogP contribution in [0.2, 0.25) is 0 Å². The molecule has 3 aromatic rings. The molecule has 26 heavy (non-hydrogen) atoms. The van der Waals surface area contributed by atoms with Crippen LogP contribution >= 0.6 is 0 Å². The van der Waals surface area contributed by atoms with Crippen LogP contribution in [0.5, 0.6) is 0 Å². The maximum atomic E-state index is 12.6. The molecule has 136 valence electrons. The number of para-hydroxylation sites is 1. The number of furan rings is 1. The first-order chi connectivity index (χ1) is 12.6. The third kappa shape index (κ3) is 3.00. The number of rotatable bonds is 4. The van der Waals surface area contributed by atoms with Crippen molar-refractivity contribution in [2.45, 2.75) is 12.1 Å². The molecule has 0 saturated carbocycles. The molecule has 0 radical (unpaired) electrons. The number of carbonyl (C=O) groups is 1. The van der Waals surface area contributed by atoms with Crippen molar-refractivity contribution in [3.05, 3.63) is 54.0 Å². The van der Waals surface area contributed by atoms with Crippen molar-refractivity contribution in [2.75, 3.05) is 26.7 Å². The highest BCUT2D eigenvalue weighted by molar-refractivity contribution is 6.05. The molecule has 0 aliphatic carbocycles. The summed E-state index contributed by atoms with van der Waals surface area (Å²) in [6.07, 6.45) is 3.14. The first kappa shape index (κ1) is 16.8. The lowest BCUT2D eigenvalue weighted by Crippen LogP contribution is -2.48. The Hall–Kier alpha value is -2.64. The number of amides is 1. The van der Waals surface area contributed by atoms with Gasteiger partial charge in [0.25, 0.3) is 5.91 Å². The topological polar surface area (TPSA) is 72.5 Å². The molecule has 7 heteroatoms. The lowest BCUT2D eigenvalue weighted by Gasteiger charge is -2.39. The van der Waals surface area contributed by atoms with Crippen molar-refractivity contribution in [2.24, 2.45) is 7.05 Å². The quantitative estimate of drug-likeness (QED) is 0.775. The van der Waals surface area contributed by atoms with Gasteiger partial charge in [0.15, 0.2) is 0 Å². The highest BCUT2D eigenvalue weighted by Gasteiger charge is 2.33. The number of benzene rings is 1. The van der Waals surface area contributed by atoms with Crippen LogP contribution in [0, 0.1) is 0 Å². The van der Waals surface area contributed by atoms with Gasteiger partial charge in [-0.2, -0.15) is 5.10 Å².